The van der Waals surface area contributed by atoms with Crippen LogP contribution in [0.1, 0.15) is 16.4 Å². The highest BCUT2D eigenvalue weighted by molar-refractivity contribution is 7.99. The van der Waals surface area contributed by atoms with E-state index in [4.69, 9.17) is 9.47 Å². The van der Waals surface area contributed by atoms with Crippen LogP contribution in [0.4, 0.5) is 19.0 Å². The summed E-state index contributed by atoms with van der Waals surface area (Å²) in [6, 6.07) is 9.09. The molecule has 3 aromatic rings. The Bertz CT molecular complexity index is 1040. The van der Waals surface area contributed by atoms with Crippen molar-refractivity contribution in [2.45, 2.75) is 11.4 Å². The first kappa shape index (κ1) is 20.6. The van der Waals surface area contributed by atoms with Gasteiger partial charge in [0.15, 0.2) is 11.5 Å². The van der Waals surface area contributed by atoms with Gasteiger partial charge in [0.05, 0.1) is 25.3 Å². The number of benzene rings is 2. The van der Waals surface area contributed by atoms with Crippen LogP contribution in [0.3, 0.4) is 0 Å². The van der Waals surface area contributed by atoms with Gasteiger partial charge in [-0.05, 0) is 23.8 Å². The highest BCUT2D eigenvalue weighted by Gasteiger charge is 2.31. The zero-order valence-corrected chi connectivity index (χ0v) is 17.3. The Balaban J connectivity index is 1.64. The molecule has 1 saturated heterocycles. The third kappa shape index (κ3) is 3.98. The van der Waals surface area contributed by atoms with Gasteiger partial charge in [-0.25, -0.2) is 9.97 Å². The van der Waals surface area contributed by atoms with Gasteiger partial charge in [-0.3, -0.25) is 0 Å². The maximum atomic E-state index is 12.9. The van der Waals surface area contributed by atoms with Gasteiger partial charge in [0.2, 0.25) is 0 Å². The average Bonchev–Trinajstić information content (AvgIpc) is 2.77. The second kappa shape index (κ2) is 8.22. The SMILES string of the molecule is COc1cc2ncnc(N3CCSC(c4ccc(C(F)(F)F)cc4)C3)c2cc1OC. The van der Waals surface area contributed by atoms with Crippen LogP contribution < -0.4 is 14.4 Å². The molecule has 158 valence electrons. The summed E-state index contributed by atoms with van der Waals surface area (Å²) in [5, 5.41) is 0.888. The Morgan fingerprint density at radius 3 is 2.40 bits per heavy atom. The lowest BCUT2D eigenvalue weighted by molar-refractivity contribution is -0.137. The molecule has 0 bridgehead atoms. The molecule has 0 spiro atoms. The van der Waals surface area contributed by atoms with Crippen molar-refractivity contribution in [3.05, 3.63) is 53.9 Å². The molecule has 1 fully saturated rings. The molecule has 0 amide bonds. The number of ether oxygens (including phenoxy) is 2. The Morgan fingerprint density at radius 1 is 1.03 bits per heavy atom. The lowest BCUT2D eigenvalue weighted by Crippen LogP contribution is -2.35. The number of methoxy groups -OCH3 is 2. The van der Waals surface area contributed by atoms with Crippen molar-refractivity contribution in [2.75, 3.05) is 38.0 Å². The minimum absolute atomic E-state index is 0.0474. The Labute approximate surface area is 176 Å². The summed E-state index contributed by atoms with van der Waals surface area (Å²) < 4.78 is 49.4. The monoisotopic (exact) mass is 435 g/mol. The maximum Gasteiger partial charge on any atom is 0.416 e. The maximum absolute atomic E-state index is 12.9. The summed E-state index contributed by atoms with van der Waals surface area (Å²) in [5.74, 6) is 2.79. The van der Waals surface area contributed by atoms with E-state index < -0.39 is 11.7 Å². The summed E-state index contributed by atoms with van der Waals surface area (Å²) >= 11 is 1.74. The van der Waals surface area contributed by atoms with Crippen LogP contribution in [-0.4, -0.2) is 43.0 Å². The van der Waals surface area contributed by atoms with Crippen LogP contribution in [0.5, 0.6) is 11.5 Å². The fraction of sp³-hybridized carbons (Fsp3) is 0.333. The van der Waals surface area contributed by atoms with E-state index in [0.29, 0.717) is 18.0 Å². The molecule has 5 nitrogen and oxygen atoms in total. The summed E-state index contributed by atoms with van der Waals surface area (Å²) in [4.78, 5) is 11.0. The van der Waals surface area contributed by atoms with Crippen molar-refractivity contribution in [3.8, 4) is 11.5 Å². The van der Waals surface area contributed by atoms with Crippen molar-refractivity contribution in [1.29, 1.82) is 0 Å². The zero-order valence-electron chi connectivity index (χ0n) is 16.4. The van der Waals surface area contributed by atoms with E-state index in [1.54, 1.807) is 38.1 Å². The number of hydrogen-bond acceptors (Lipinski definition) is 6. The van der Waals surface area contributed by atoms with Gasteiger partial charge in [0.1, 0.15) is 12.1 Å². The third-order valence-electron chi connectivity index (χ3n) is 5.10. The summed E-state index contributed by atoms with van der Waals surface area (Å²) in [5.41, 5.74) is 0.976. The van der Waals surface area contributed by atoms with Gasteiger partial charge >= 0.3 is 6.18 Å². The number of rotatable bonds is 4. The van der Waals surface area contributed by atoms with Crippen molar-refractivity contribution < 1.29 is 22.6 Å². The minimum atomic E-state index is -4.33. The van der Waals surface area contributed by atoms with Gasteiger partial charge in [-0.1, -0.05) is 12.1 Å². The first-order valence-corrected chi connectivity index (χ1v) is 10.4. The fourth-order valence-electron chi connectivity index (χ4n) is 3.55. The number of alkyl halides is 3. The van der Waals surface area contributed by atoms with Crippen LogP contribution >= 0.6 is 11.8 Å². The second-order valence-electron chi connectivity index (χ2n) is 6.85. The predicted molar refractivity (Wildman–Crippen MR) is 111 cm³/mol. The lowest BCUT2D eigenvalue weighted by atomic mass is 10.1. The molecule has 0 radical (unpaired) electrons. The molecular formula is C21H20F3N3O2S. The molecule has 30 heavy (non-hydrogen) atoms. The Hall–Kier alpha value is -2.68. The number of fused-ring (bicyclic) bond motifs is 1. The summed E-state index contributed by atoms with van der Waals surface area (Å²) in [6.45, 7) is 1.42. The standard InChI is InChI=1S/C21H20F3N3O2S/c1-28-17-9-15-16(10-18(17)29-2)25-12-26-20(15)27-7-8-30-19(11-27)13-3-5-14(6-4-13)21(22,23)24/h3-6,9-10,12,19H,7-8,11H2,1-2H3. The number of nitrogens with zero attached hydrogens (tertiary/aromatic N) is 3. The van der Waals surface area contributed by atoms with Crippen molar-refractivity contribution in [1.82, 2.24) is 9.97 Å². The topological polar surface area (TPSA) is 47.5 Å². The normalized spacial score (nSPS) is 17.2. The van der Waals surface area contributed by atoms with Crippen LogP contribution in [0.15, 0.2) is 42.7 Å². The van der Waals surface area contributed by atoms with E-state index in [9.17, 15) is 13.2 Å². The quantitative estimate of drug-likeness (QED) is 0.577. The number of hydrogen-bond donors (Lipinski definition) is 0. The van der Waals surface area contributed by atoms with Crippen molar-refractivity contribution in [2.24, 2.45) is 0 Å². The minimum Gasteiger partial charge on any atom is -0.493 e. The van der Waals surface area contributed by atoms with Gasteiger partial charge in [-0.2, -0.15) is 24.9 Å². The molecule has 1 aromatic heterocycles. The largest absolute Gasteiger partial charge is 0.493 e. The van der Waals surface area contributed by atoms with E-state index in [1.165, 1.54) is 6.33 Å². The van der Waals surface area contributed by atoms with E-state index in [-0.39, 0.29) is 5.25 Å². The molecule has 1 unspecified atom stereocenters. The van der Waals surface area contributed by atoms with Gasteiger partial charge in [0.25, 0.3) is 0 Å². The van der Waals surface area contributed by atoms with Crippen LogP contribution in [0.2, 0.25) is 0 Å². The molecule has 0 saturated carbocycles. The van der Waals surface area contributed by atoms with E-state index in [0.717, 1.165) is 46.7 Å². The molecule has 4 rings (SSSR count). The number of thioether (sulfide) groups is 1. The first-order chi connectivity index (χ1) is 14.4. The molecule has 2 aromatic carbocycles. The number of anilines is 1. The molecule has 1 aliphatic rings. The van der Waals surface area contributed by atoms with E-state index >= 15 is 0 Å². The number of halogens is 3. The molecule has 2 heterocycles. The van der Waals surface area contributed by atoms with Crippen molar-refractivity contribution in [3.63, 3.8) is 0 Å². The predicted octanol–water partition coefficient (Wildman–Crippen LogP) is 4.96. The second-order valence-corrected chi connectivity index (χ2v) is 8.16. The van der Waals surface area contributed by atoms with Crippen molar-refractivity contribution >= 4 is 28.5 Å². The third-order valence-corrected chi connectivity index (χ3v) is 6.34. The molecule has 1 atom stereocenters. The molecule has 1 aliphatic heterocycles. The van der Waals surface area contributed by atoms with Crippen LogP contribution in [-0.2, 0) is 6.18 Å². The Morgan fingerprint density at radius 2 is 1.73 bits per heavy atom. The molecular weight excluding hydrogens is 415 g/mol. The molecule has 0 N–H and O–H groups in total. The summed E-state index contributed by atoms with van der Waals surface area (Å²) in [7, 11) is 3.15. The van der Waals surface area contributed by atoms with Crippen LogP contribution in [0.25, 0.3) is 10.9 Å². The van der Waals surface area contributed by atoms with E-state index in [2.05, 4.69) is 14.9 Å². The van der Waals surface area contributed by atoms with Gasteiger partial charge in [0, 0.05) is 35.5 Å². The van der Waals surface area contributed by atoms with Crippen LogP contribution in [0, 0.1) is 0 Å². The highest BCUT2D eigenvalue weighted by Crippen LogP contribution is 2.39. The molecule has 0 aliphatic carbocycles. The summed E-state index contributed by atoms with van der Waals surface area (Å²) in [6.07, 6.45) is -2.82. The number of aromatic nitrogens is 2. The average molecular weight is 435 g/mol. The smallest absolute Gasteiger partial charge is 0.416 e. The first-order valence-electron chi connectivity index (χ1n) is 9.31. The fourth-order valence-corrected chi connectivity index (χ4v) is 4.80. The zero-order chi connectivity index (χ0) is 21.3. The highest BCUT2D eigenvalue weighted by atomic mass is 32.2. The Kier molecular flexibility index (Phi) is 5.64. The molecule has 9 heteroatoms. The van der Waals surface area contributed by atoms with E-state index in [1.807, 2.05) is 12.1 Å². The van der Waals surface area contributed by atoms with Gasteiger partial charge < -0.3 is 14.4 Å². The van der Waals surface area contributed by atoms with Gasteiger partial charge in [-0.15, -0.1) is 0 Å². The lowest BCUT2D eigenvalue weighted by Gasteiger charge is -2.34.